The number of aromatic nitrogens is 2. The van der Waals surface area contributed by atoms with Gasteiger partial charge in [-0.15, -0.1) is 0 Å². The maximum Gasteiger partial charge on any atom is 0.200 e. The number of aliphatic imine (C=N–C) groups is 1. The minimum Gasteiger partial charge on any atom is -0.370 e. The van der Waals surface area contributed by atoms with E-state index in [-0.39, 0.29) is 0 Å². The summed E-state index contributed by atoms with van der Waals surface area (Å²) in [5.41, 5.74) is 5.79. The predicted molar refractivity (Wildman–Crippen MR) is 78.1 cm³/mol. The third kappa shape index (κ3) is 4.46. The van der Waals surface area contributed by atoms with Crippen molar-refractivity contribution in [2.45, 2.75) is 38.6 Å². The quantitative estimate of drug-likeness (QED) is 0.476. The lowest BCUT2D eigenvalue weighted by Gasteiger charge is -2.29. The van der Waals surface area contributed by atoms with Crippen LogP contribution < -0.4 is 16.4 Å². The molecule has 0 unspecified atom stereocenters. The molecule has 1 aromatic rings. The summed E-state index contributed by atoms with van der Waals surface area (Å²) >= 11 is 0. The standard InChI is InChI=1S/C13H24N6/c1-2-15-12(14)19-11-5-3-10(4-6-11)9-18-13-16-7-8-17-13/h7-8,10-11H,2-6,9H2,1H3,(H3,14,15,19)(H2,16,17,18). The highest BCUT2D eigenvalue weighted by Gasteiger charge is 2.21. The number of guanidine groups is 1. The Morgan fingerprint density at radius 2 is 2.26 bits per heavy atom. The third-order valence-corrected chi connectivity index (χ3v) is 3.58. The van der Waals surface area contributed by atoms with Crippen LogP contribution in [0.25, 0.3) is 0 Å². The van der Waals surface area contributed by atoms with E-state index in [2.05, 4.69) is 25.6 Å². The van der Waals surface area contributed by atoms with Crippen molar-refractivity contribution in [3.63, 3.8) is 0 Å². The maximum absolute atomic E-state index is 5.79. The Morgan fingerprint density at radius 3 is 2.89 bits per heavy atom. The van der Waals surface area contributed by atoms with Gasteiger partial charge in [-0.1, -0.05) is 0 Å². The van der Waals surface area contributed by atoms with Crippen LogP contribution in [0.2, 0.25) is 0 Å². The second-order valence-corrected chi connectivity index (χ2v) is 5.04. The summed E-state index contributed by atoms with van der Waals surface area (Å²) in [6.07, 6.45) is 8.34. The minimum absolute atomic E-state index is 0.482. The minimum atomic E-state index is 0.482. The molecule has 1 aliphatic rings. The van der Waals surface area contributed by atoms with Gasteiger partial charge in [-0.3, -0.25) is 4.99 Å². The monoisotopic (exact) mass is 264 g/mol. The van der Waals surface area contributed by atoms with Crippen LogP contribution in [-0.4, -0.2) is 35.1 Å². The Kier molecular flexibility index (Phi) is 5.06. The molecule has 1 aromatic heterocycles. The SMILES string of the molecule is CCN=C(N)NC1CCC(CNc2ncc[nH]2)CC1. The Balaban J connectivity index is 1.66. The number of aromatic amines is 1. The molecule has 6 nitrogen and oxygen atoms in total. The van der Waals surface area contributed by atoms with E-state index in [9.17, 15) is 0 Å². The molecule has 5 N–H and O–H groups in total. The summed E-state index contributed by atoms with van der Waals surface area (Å²) in [5, 5.41) is 6.63. The third-order valence-electron chi connectivity index (χ3n) is 3.58. The van der Waals surface area contributed by atoms with Crippen LogP contribution in [0.15, 0.2) is 17.4 Å². The van der Waals surface area contributed by atoms with E-state index in [4.69, 9.17) is 5.73 Å². The number of hydrogen-bond donors (Lipinski definition) is 4. The Morgan fingerprint density at radius 1 is 1.47 bits per heavy atom. The van der Waals surface area contributed by atoms with Crippen LogP contribution in [0, 0.1) is 5.92 Å². The molecule has 1 aliphatic carbocycles. The van der Waals surface area contributed by atoms with Gasteiger partial charge < -0.3 is 21.4 Å². The van der Waals surface area contributed by atoms with E-state index >= 15 is 0 Å². The van der Waals surface area contributed by atoms with Gasteiger partial charge in [-0.25, -0.2) is 4.98 Å². The average Bonchev–Trinajstić information content (AvgIpc) is 2.91. The van der Waals surface area contributed by atoms with Crippen molar-refractivity contribution < 1.29 is 0 Å². The maximum atomic E-state index is 5.79. The van der Waals surface area contributed by atoms with Crippen molar-refractivity contribution in [2.24, 2.45) is 16.6 Å². The second-order valence-electron chi connectivity index (χ2n) is 5.04. The summed E-state index contributed by atoms with van der Waals surface area (Å²) in [7, 11) is 0. The van der Waals surface area contributed by atoms with E-state index in [1.165, 1.54) is 12.8 Å². The number of imidazole rings is 1. The molecule has 0 amide bonds. The first-order valence-corrected chi connectivity index (χ1v) is 7.07. The zero-order chi connectivity index (χ0) is 13.5. The van der Waals surface area contributed by atoms with Crippen molar-refractivity contribution in [3.8, 4) is 0 Å². The van der Waals surface area contributed by atoms with Gasteiger partial charge in [0.15, 0.2) is 11.9 Å². The van der Waals surface area contributed by atoms with Crippen molar-refractivity contribution >= 4 is 11.9 Å². The molecule has 0 spiro atoms. The number of nitrogens with zero attached hydrogens (tertiary/aromatic N) is 2. The summed E-state index contributed by atoms with van der Waals surface area (Å²) in [6, 6.07) is 0.482. The molecule has 0 saturated heterocycles. The molecule has 0 bridgehead atoms. The van der Waals surface area contributed by atoms with Gasteiger partial charge in [0, 0.05) is 31.5 Å². The molecule has 6 heteroatoms. The Bertz CT molecular complexity index is 378. The summed E-state index contributed by atoms with van der Waals surface area (Å²) in [5.74, 6) is 2.16. The smallest absolute Gasteiger partial charge is 0.200 e. The van der Waals surface area contributed by atoms with Gasteiger partial charge in [0.1, 0.15) is 0 Å². The van der Waals surface area contributed by atoms with Crippen molar-refractivity contribution in [1.29, 1.82) is 0 Å². The summed E-state index contributed by atoms with van der Waals surface area (Å²) in [4.78, 5) is 11.4. The fraction of sp³-hybridized carbons (Fsp3) is 0.692. The number of nitrogens with one attached hydrogen (secondary N) is 3. The molecular weight excluding hydrogens is 240 g/mol. The number of nitrogens with two attached hydrogens (primary N) is 1. The van der Waals surface area contributed by atoms with Crippen molar-refractivity contribution in [3.05, 3.63) is 12.4 Å². The number of hydrogen-bond acceptors (Lipinski definition) is 3. The molecule has 0 aromatic carbocycles. The molecule has 0 aliphatic heterocycles. The van der Waals surface area contributed by atoms with Crippen LogP contribution in [0.4, 0.5) is 5.95 Å². The van der Waals surface area contributed by atoms with Gasteiger partial charge >= 0.3 is 0 Å². The van der Waals surface area contributed by atoms with Gasteiger partial charge in [0.25, 0.3) is 0 Å². The highest BCUT2D eigenvalue weighted by molar-refractivity contribution is 5.78. The van der Waals surface area contributed by atoms with E-state index in [1.54, 1.807) is 6.20 Å². The van der Waals surface area contributed by atoms with Crippen LogP contribution in [0.1, 0.15) is 32.6 Å². The lowest BCUT2D eigenvalue weighted by atomic mass is 9.86. The number of anilines is 1. The largest absolute Gasteiger partial charge is 0.370 e. The Labute approximate surface area is 114 Å². The number of rotatable bonds is 5. The van der Waals surface area contributed by atoms with Gasteiger partial charge in [-0.05, 0) is 38.5 Å². The summed E-state index contributed by atoms with van der Waals surface area (Å²) in [6.45, 7) is 3.71. The summed E-state index contributed by atoms with van der Waals surface area (Å²) < 4.78 is 0. The van der Waals surface area contributed by atoms with E-state index in [0.29, 0.717) is 17.9 Å². The lowest BCUT2D eigenvalue weighted by Crippen LogP contribution is -2.42. The van der Waals surface area contributed by atoms with Crippen molar-refractivity contribution in [2.75, 3.05) is 18.4 Å². The molecule has 106 valence electrons. The van der Waals surface area contributed by atoms with E-state index in [0.717, 1.165) is 31.9 Å². The molecule has 0 radical (unpaired) electrons. The van der Waals surface area contributed by atoms with Crippen LogP contribution >= 0.6 is 0 Å². The van der Waals surface area contributed by atoms with E-state index < -0.39 is 0 Å². The number of H-pyrrole nitrogens is 1. The zero-order valence-corrected chi connectivity index (χ0v) is 11.5. The molecule has 2 rings (SSSR count). The fourth-order valence-corrected chi connectivity index (χ4v) is 2.54. The normalized spacial score (nSPS) is 24.2. The lowest BCUT2D eigenvalue weighted by molar-refractivity contribution is 0.322. The molecule has 19 heavy (non-hydrogen) atoms. The van der Waals surface area contributed by atoms with Gasteiger partial charge in [0.05, 0.1) is 0 Å². The van der Waals surface area contributed by atoms with Crippen LogP contribution in [-0.2, 0) is 0 Å². The molecule has 1 fully saturated rings. The first-order valence-electron chi connectivity index (χ1n) is 7.07. The highest BCUT2D eigenvalue weighted by Crippen LogP contribution is 2.24. The van der Waals surface area contributed by atoms with E-state index in [1.807, 2.05) is 13.1 Å². The Hall–Kier alpha value is -1.72. The fourth-order valence-electron chi connectivity index (χ4n) is 2.54. The zero-order valence-electron chi connectivity index (χ0n) is 11.5. The molecule has 0 atom stereocenters. The van der Waals surface area contributed by atoms with Gasteiger partial charge in [0.2, 0.25) is 0 Å². The predicted octanol–water partition coefficient (Wildman–Crippen LogP) is 1.30. The second kappa shape index (κ2) is 7.01. The van der Waals surface area contributed by atoms with Crippen molar-refractivity contribution in [1.82, 2.24) is 15.3 Å². The first-order chi connectivity index (χ1) is 9.28. The van der Waals surface area contributed by atoms with Gasteiger partial charge in [-0.2, -0.15) is 0 Å². The highest BCUT2D eigenvalue weighted by atomic mass is 15.1. The topological polar surface area (TPSA) is 91.1 Å². The van der Waals surface area contributed by atoms with Crippen LogP contribution in [0.3, 0.4) is 0 Å². The average molecular weight is 264 g/mol. The molecule has 1 heterocycles. The molecular formula is C13H24N6. The first kappa shape index (κ1) is 13.7. The van der Waals surface area contributed by atoms with Crippen LogP contribution in [0.5, 0.6) is 0 Å². The molecule has 1 saturated carbocycles.